The summed E-state index contributed by atoms with van der Waals surface area (Å²) in [6.07, 6.45) is 0. The number of Topliss-reactive ketones (excluding diaryl/α,β-unsaturated/α-hetero) is 1. The molecule has 0 heterocycles. The molecule has 1 rings (SSSR count). The number of hydrogen-bond donors (Lipinski definition) is 0. The van der Waals surface area contributed by atoms with Crippen molar-refractivity contribution in [2.45, 2.75) is 33.1 Å². The summed E-state index contributed by atoms with van der Waals surface area (Å²) in [6.45, 7) is 9.04. The molecule has 112 valence electrons. The number of ether oxygens (including phenoxy) is 3. The van der Waals surface area contributed by atoms with Gasteiger partial charge in [-0.05, 0) is 30.5 Å². The van der Waals surface area contributed by atoms with Gasteiger partial charge in [0.15, 0.2) is 12.6 Å². The lowest BCUT2D eigenvalue weighted by molar-refractivity contribution is -0.00918. The van der Waals surface area contributed by atoms with Crippen LogP contribution in [0.4, 0.5) is 0 Å². The summed E-state index contributed by atoms with van der Waals surface area (Å²) in [5.74, 6) is 0.804. The summed E-state index contributed by atoms with van der Waals surface area (Å²) in [6, 6.07) is 5.51. The molecule has 0 spiro atoms. The van der Waals surface area contributed by atoms with Gasteiger partial charge in [-0.1, -0.05) is 20.8 Å². The van der Waals surface area contributed by atoms with Gasteiger partial charge in [0.2, 0.25) is 0 Å². The summed E-state index contributed by atoms with van der Waals surface area (Å²) >= 11 is 0. The second kappa shape index (κ2) is 7.41. The number of rotatable bonds is 7. The fourth-order valence-corrected chi connectivity index (χ4v) is 1.77. The minimum Gasteiger partial charge on any atom is -0.467 e. The summed E-state index contributed by atoms with van der Waals surface area (Å²) in [5.41, 5.74) is 1.59. The highest BCUT2D eigenvalue weighted by Gasteiger charge is 2.20. The molecule has 0 fully saturated rings. The van der Waals surface area contributed by atoms with Crippen LogP contribution < -0.4 is 4.74 Å². The van der Waals surface area contributed by atoms with Gasteiger partial charge in [-0.3, -0.25) is 4.79 Å². The first-order valence-corrected chi connectivity index (χ1v) is 6.71. The van der Waals surface area contributed by atoms with E-state index in [2.05, 4.69) is 20.8 Å². The Kier molecular flexibility index (Phi) is 6.17. The number of hydrogen-bond acceptors (Lipinski definition) is 4. The van der Waals surface area contributed by atoms with E-state index in [4.69, 9.17) is 14.2 Å². The van der Waals surface area contributed by atoms with Gasteiger partial charge < -0.3 is 14.2 Å². The average molecular weight is 280 g/mol. The van der Waals surface area contributed by atoms with E-state index in [-0.39, 0.29) is 18.0 Å². The monoisotopic (exact) mass is 280 g/mol. The van der Waals surface area contributed by atoms with Crippen molar-refractivity contribution in [1.29, 1.82) is 0 Å². The van der Waals surface area contributed by atoms with Crippen molar-refractivity contribution in [1.82, 2.24) is 0 Å². The minimum absolute atomic E-state index is 0.0541. The van der Waals surface area contributed by atoms with E-state index < -0.39 is 0 Å². The first-order valence-electron chi connectivity index (χ1n) is 6.71. The molecule has 0 unspecified atom stereocenters. The Labute approximate surface area is 121 Å². The highest BCUT2D eigenvalue weighted by molar-refractivity contribution is 5.94. The maximum absolute atomic E-state index is 11.5. The van der Waals surface area contributed by atoms with Crippen LogP contribution in [0.3, 0.4) is 0 Å². The number of carbonyl (C=O) groups is 1. The molecule has 0 atom stereocenters. The molecular weight excluding hydrogens is 256 g/mol. The smallest absolute Gasteiger partial charge is 0.189 e. The maximum atomic E-state index is 11.5. The van der Waals surface area contributed by atoms with E-state index in [0.29, 0.717) is 18.8 Å². The van der Waals surface area contributed by atoms with Crippen LogP contribution in [-0.2, 0) is 14.9 Å². The molecule has 0 saturated carbocycles. The van der Waals surface area contributed by atoms with Crippen LogP contribution >= 0.6 is 0 Å². The second-order valence-electron chi connectivity index (χ2n) is 5.68. The Morgan fingerprint density at radius 2 is 1.90 bits per heavy atom. The molecule has 0 N–H and O–H groups in total. The summed E-state index contributed by atoms with van der Waals surface area (Å²) in [5, 5.41) is 0. The van der Waals surface area contributed by atoms with Gasteiger partial charge in [0, 0.05) is 18.2 Å². The van der Waals surface area contributed by atoms with Crippen LogP contribution in [-0.4, -0.2) is 32.9 Å². The lowest BCUT2D eigenvalue weighted by atomic mass is 9.85. The van der Waals surface area contributed by atoms with E-state index >= 15 is 0 Å². The molecule has 0 aliphatic carbocycles. The third-order valence-electron chi connectivity index (χ3n) is 2.92. The van der Waals surface area contributed by atoms with Gasteiger partial charge in [0.1, 0.15) is 5.75 Å². The molecule has 0 aromatic heterocycles. The SMILES string of the molecule is COCCOCOc1ccc(C(C)=O)cc1C(C)(C)C. The third-order valence-corrected chi connectivity index (χ3v) is 2.92. The van der Waals surface area contributed by atoms with Gasteiger partial charge in [-0.2, -0.15) is 0 Å². The molecule has 0 aliphatic heterocycles. The van der Waals surface area contributed by atoms with E-state index in [9.17, 15) is 4.79 Å². The molecule has 4 nitrogen and oxygen atoms in total. The molecule has 0 bridgehead atoms. The van der Waals surface area contributed by atoms with E-state index in [0.717, 1.165) is 11.3 Å². The first-order chi connectivity index (χ1) is 9.36. The Bertz CT molecular complexity index is 446. The summed E-state index contributed by atoms with van der Waals surface area (Å²) < 4.78 is 15.9. The van der Waals surface area contributed by atoms with Crippen molar-refractivity contribution in [2.24, 2.45) is 0 Å². The predicted octanol–water partition coefficient (Wildman–Crippen LogP) is 3.19. The zero-order valence-electron chi connectivity index (χ0n) is 13.0. The van der Waals surface area contributed by atoms with Crippen molar-refractivity contribution in [3.8, 4) is 5.75 Å². The normalized spacial score (nSPS) is 11.4. The number of methoxy groups -OCH3 is 1. The lowest BCUT2D eigenvalue weighted by Crippen LogP contribution is -2.16. The topological polar surface area (TPSA) is 44.8 Å². The molecule has 20 heavy (non-hydrogen) atoms. The number of ketones is 1. The highest BCUT2D eigenvalue weighted by Crippen LogP contribution is 2.32. The molecule has 0 saturated heterocycles. The van der Waals surface area contributed by atoms with Crippen molar-refractivity contribution in [2.75, 3.05) is 27.1 Å². The van der Waals surface area contributed by atoms with Gasteiger partial charge in [0.05, 0.1) is 13.2 Å². The number of benzene rings is 1. The zero-order chi connectivity index (χ0) is 15.2. The Hall–Kier alpha value is -1.39. The van der Waals surface area contributed by atoms with Crippen molar-refractivity contribution >= 4 is 5.78 Å². The fourth-order valence-electron chi connectivity index (χ4n) is 1.77. The van der Waals surface area contributed by atoms with Crippen LogP contribution in [0.2, 0.25) is 0 Å². The maximum Gasteiger partial charge on any atom is 0.189 e. The van der Waals surface area contributed by atoms with Gasteiger partial charge in [-0.15, -0.1) is 0 Å². The van der Waals surface area contributed by atoms with Crippen LogP contribution in [0.25, 0.3) is 0 Å². The Balaban J connectivity index is 2.81. The van der Waals surface area contributed by atoms with Gasteiger partial charge >= 0.3 is 0 Å². The molecule has 0 radical (unpaired) electrons. The third kappa shape index (κ3) is 4.94. The van der Waals surface area contributed by atoms with Gasteiger partial charge in [0.25, 0.3) is 0 Å². The molecule has 0 amide bonds. The quantitative estimate of drug-likeness (QED) is 0.437. The van der Waals surface area contributed by atoms with E-state index in [1.54, 1.807) is 20.1 Å². The molecule has 1 aromatic rings. The standard InChI is InChI=1S/C16H24O4/c1-12(17)13-6-7-15(14(10-13)16(2,3)4)20-11-19-9-8-18-5/h6-7,10H,8-9,11H2,1-5H3. The van der Waals surface area contributed by atoms with E-state index in [1.165, 1.54) is 0 Å². The highest BCUT2D eigenvalue weighted by atomic mass is 16.7. The first kappa shape index (κ1) is 16.7. The fraction of sp³-hybridized carbons (Fsp3) is 0.562. The van der Waals surface area contributed by atoms with Crippen LogP contribution in [0, 0.1) is 0 Å². The Morgan fingerprint density at radius 3 is 2.45 bits per heavy atom. The zero-order valence-corrected chi connectivity index (χ0v) is 13.0. The second-order valence-corrected chi connectivity index (χ2v) is 5.68. The van der Waals surface area contributed by atoms with E-state index in [1.807, 2.05) is 12.1 Å². The molecule has 1 aromatic carbocycles. The van der Waals surface area contributed by atoms with Crippen molar-refractivity contribution < 1.29 is 19.0 Å². The number of carbonyl (C=O) groups excluding carboxylic acids is 1. The lowest BCUT2D eigenvalue weighted by Gasteiger charge is -2.23. The molecule has 4 heteroatoms. The molecule has 0 aliphatic rings. The van der Waals surface area contributed by atoms with Crippen LogP contribution in [0.1, 0.15) is 43.6 Å². The van der Waals surface area contributed by atoms with Crippen LogP contribution in [0.15, 0.2) is 18.2 Å². The van der Waals surface area contributed by atoms with Gasteiger partial charge in [-0.25, -0.2) is 0 Å². The van der Waals surface area contributed by atoms with Crippen LogP contribution in [0.5, 0.6) is 5.75 Å². The predicted molar refractivity (Wildman–Crippen MR) is 78.5 cm³/mol. The molecular formula is C16H24O4. The summed E-state index contributed by atoms with van der Waals surface area (Å²) in [7, 11) is 1.63. The largest absolute Gasteiger partial charge is 0.467 e. The minimum atomic E-state index is -0.104. The van der Waals surface area contributed by atoms with Crippen molar-refractivity contribution in [3.05, 3.63) is 29.3 Å². The summed E-state index contributed by atoms with van der Waals surface area (Å²) in [4.78, 5) is 11.5. The average Bonchev–Trinajstić information content (AvgIpc) is 2.37. The Morgan fingerprint density at radius 1 is 1.20 bits per heavy atom. The van der Waals surface area contributed by atoms with Crippen molar-refractivity contribution in [3.63, 3.8) is 0 Å².